The number of aromatic nitrogens is 1. The first-order valence-corrected chi connectivity index (χ1v) is 13.0. The van der Waals surface area contributed by atoms with E-state index in [0.717, 1.165) is 56.5 Å². The molecule has 1 saturated heterocycles. The van der Waals surface area contributed by atoms with Crippen molar-refractivity contribution in [3.63, 3.8) is 0 Å². The number of nitrogens with zero attached hydrogens (tertiary/aromatic N) is 3. The minimum absolute atomic E-state index is 0.0581. The predicted octanol–water partition coefficient (Wildman–Crippen LogP) is 4.92. The van der Waals surface area contributed by atoms with Crippen molar-refractivity contribution in [2.24, 2.45) is 5.92 Å². The zero-order chi connectivity index (χ0) is 24.9. The molecule has 0 radical (unpaired) electrons. The molecule has 0 spiro atoms. The van der Waals surface area contributed by atoms with Gasteiger partial charge in [-0.15, -0.1) is 0 Å². The number of ether oxygens (including phenoxy) is 1. The standard InChI is InChI=1S/C30H35N3O3/c1-36-26-12-13-29(34)24(20-26)21-32-17-14-23(15-18-32)28(19-22-7-3-2-4-8-22)33(25-10-11-25)30(35)27-9-5-6-16-31-27/h2-9,12-13,16,20,23,25,28,34H,10-11,14-15,17-19,21H2,1H3/t28-/m1/s1. The van der Waals surface area contributed by atoms with Gasteiger partial charge >= 0.3 is 0 Å². The summed E-state index contributed by atoms with van der Waals surface area (Å²) < 4.78 is 5.35. The first-order chi connectivity index (χ1) is 17.6. The summed E-state index contributed by atoms with van der Waals surface area (Å²) in [5.41, 5.74) is 2.69. The van der Waals surface area contributed by atoms with Gasteiger partial charge in [0.2, 0.25) is 0 Å². The highest BCUT2D eigenvalue weighted by Gasteiger charge is 2.42. The average Bonchev–Trinajstić information content (AvgIpc) is 3.76. The molecule has 36 heavy (non-hydrogen) atoms. The number of carbonyl (C=O) groups excluding carboxylic acids is 1. The summed E-state index contributed by atoms with van der Waals surface area (Å²) in [5.74, 6) is 1.53. The van der Waals surface area contributed by atoms with Crippen molar-refractivity contribution in [1.29, 1.82) is 0 Å². The quantitative estimate of drug-likeness (QED) is 0.466. The lowest BCUT2D eigenvalue weighted by Crippen LogP contribution is -2.50. The number of hydrogen-bond donors (Lipinski definition) is 1. The monoisotopic (exact) mass is 485 g/mol. The molecule has 188 valence electrons. The van der Waals surface area contributed by atoms with Gasteiger partial charge in [0, 0.05) is 30.4 Å². The van der Waals surface area contributed by atoms with E-state index in [1.165, 1.54) is 5.56 Å². The molecule has 1 atom stereocenters. The molecular formula is C30H35N3O3. The highest BCUT2D eigenvalue weighted by Crippen LogP contribution is 2.37. The lowest BCUT2D eigenvalue weighted by atomic mass is 9.84. The summed E-state index contributed by atoms with van der Waals surface area (Å²) in [6, 6.07) is 22.0. The third kappa shape index (κ3) is 5.71. The largest absolute Gasteiger partial charge is 0.508 e. The molecular weight excluding hydrogens is 450 g/mol. The Morgan fingerprint density at radius 1 is 1.06 bits per heavy atom. The highest BCUT2D eigenvalue weighted by molar-refractivity contribution is 5.93. The van der Waals surface area contributed by atoms with Crippen LogP contribution in [0, 0.1) is 5.92 Å². The van der Waals surface area contributed by atoms with Gasteiger partial charge in [0.05, 0.1) is 7.11 Å². The third-order valence-electron chi connectivity index (χ3n) is 7.56. The van der Waals surface area contributed by atoms with Gasteiger partial charge in [0.1, 0.15) is 17.2 Å². The van der Waals surface area contributed by atoms with Crippen LogP contribution in [0.15, 0.2) is 72.9 Å². The van der Waals surface area contributed by atoms with E-state index < -0.39 is 0 Å². The number of likely N-dealkylation sites (tertiary alicyclic amines) is 1. The summed E-state index contributed by atoms with van der Waals surface area (Å²) in [6.45, 7) is 2.56. The van der Waals surface area contributed by atoms with Crippen molar-refractivity contribution >= 4 is 5.91 Å². The van der Waals surface area contributed by atoms with Crippen LogP contribution in [0.5, 0.6) is 11.5 Å². The normalized spacial score (nSPS) is 17.5. The fourth-order valence-corrected chi connectivity index (χ4v) is 5.46. The second-order valence-electron chi connectivity index (χ2n) is 10.0. The van der Waals surface area contributed by atoms with Crippen LogP contribution in [0.3, 0.4) is 0 Å². The number of pyridine rings is 1. The lowest BCUT2D eigenvalue weighted by Gasteiger charge is -2.42. The van der Waals surface area contributed by atoms with Crippen molar-refractivity contribution in [1.82, 2.24) is 14.8 Å². The van der Waals surface area contributed by atoms with Crippen LogP contribution in [-0.2, 0) is 13.0 Å². The molecule has 3 aromatic rings. The van der Waals surface area contributed by atoms with Gasteiger partial charge in [-0.25, -0.2) is 0 Å². The number of methoxy groups -OCH3 is 1. The van der Waals surface area contributed by atoms with E-state index in [1.807, 2.05) is 30.3 Å². The Morgan fingerprint density at radius 2 is 1.81 bits per heavy atom. The number of phenols is 1. The summed E-state index contributed by atoms with van der Waals surface area (Å²) in [4.78, 5) is 22.7. The van der Waals surface area contributed by atoms with E-state index >= 15 is 0 Å². The maximum atomic E-state index is 13.7. The van der Waals surface area contributed by atoms with Gasteiger partial charge < -0.3 is 14.7 Å². The molecule has 1 aliphatic carbocycles. The Labute approximate surface area is 213 Å². The molecule has 1 aromatic heterocycles. The summed E-state index contributed by atoms with van der Waals surface area (Å²) in [5, 5.41) is 10.3. The number of amides is 1. The first kappa shape index (κ1) is 24.3. The average molecular weight is 486 g/mol. The van der Waals surface area contributed by atoms with Crippen LogP contribution in [0.25, 0.3) is 0 Å². The lowest BCUT2D eigenvalue weighted by molar-refractivity contribution is 0.0476. The summed E-state index contributed by atoms with van der Waals surface area (Å²) in [6.07, 6.45) is 6.73. The van der Waals surface area contributed by atoms with Gasteiger partial charge in [0.15, 0.2) is 0 Å². The Morgan fingerprint density at radius 3 is 2.47 bits per heavy atom. The number of rotatable bonds is 9. The Kier molecular flexibility index (Phi) is 7.52. The van der Waals surface area contributed by atoms with E-state index in [2.05, 4.69) is 39.0 Å². The molecule has 5 rings (SSSR count). The van der Waals surface area contributed by atoms with Crippen molar-refractivity contribution in [3.05, 3.63) is 89.7 Å². The number of benzene rings is 2. The SMILES string of the molecule is COc1ccc(O)c(CN2CCC([C@@H](Cc3ccccc3)N(C(=O)c3ccccn3)C3CC3)CC2)c1. The Balaban J connectivity index is 1.34. The van der Waals surface area contributed by atoms with Gasteiger partial charge in [-0.2, -0.15) is 0 Å². The molecule has 2 fully saturated rings. The van der Waals surface area contributed by atoms with E-state index in [9.17, 15) is 9.90 Å². The van der Waals surface area contributed by atoms with E-state index in [0.29, 0.717) is 29.9 Å². The second kappa shape index (κ2) is 11.1. The van der Waals surface area contributed by atoms with Gasteiger partial charge in [-0.1, -0.05) is 36.4 Å². The van der Waals surface area contributed by atoms with Crippen molar-refractivity contribution in [2.45, 2.75) is 50.7 Å². The van der Waals surface area contributed by atoms with Crippen LogP contribution >= 0.6 is 0 Å². The Bertz CT molecular complexity index is 1140. The van der Waals surface area contributed by atoms with Gasteiger partial charge in [-0.3, -0.25) is 14.7 Å². The molecule has 1 N–H and O–H groups in total. The van der Waals surface area contributed by atoms with E-state index in [4.69, 9.17) is 4.74 Å². The number of hydrogen-bond acceptors (Lipinski definition) is 5. The molecule has 6 heteroatoms. The van der Waals surface area contributed by atoms with Crippen LogP contribution in [0.1, 0.15) is 47.3 Å². The van der Waals surface area contributed by atoms with Crippen molar-refractivity contribution in [3.8, 4) is 11.5 Å². The first-order valence-electron chi connectivity index (χ1n) is 13.0. The van der Waals surface area contributed by atoms with E-state index in [-0.39, 0.29) is 11.9 Å². The molecule has 1 saturated carbocycles. The van der Waals surface area contributed by atoms with Crippen LogP contribution in [-0.4, -0.2) is 58.1 Å². The zero-order valence-electron chi connectivity index (χ0n) is 20.9. The molecule has 2 aromatic carbocycles. The minimum atomic E-state index is 0.0581. The van der Waals surface area contributed by atoms with E-state index in [1.54, 1.807) is 25.4 Å². The summed E-state index contributed by atoms with van der Waals surface area (Å²) in [7, 11) is 1.65. The highest BCUT2D eigenvalue weighted by atomic mass is 16.5. The maximum Gasteiger partial charge on any atom is 0.272 e. The van der Waals surface area contributed by atoms with Crippen molar-refractivity contribution < 1.29 is 14.6 Å². The fraction of sp³-hybridized carbons (Fsp3) is 0.400. The predicted molar refractivity (Wildman–Crippen MR) is 140 cm³/mol. The van der Waals surface area contributed by atoms with Gasteiger partial charge in [-0.05, 0) is 87.0 Å². The number of phenolic OH excluding ortho intramolecular Hbond substituents is 1. The summed E-state index contributed by atoms with van der Waals surface area (Å²) >= 11 is 0. The fourth-order valence-electron chi connectivity index (χ4n) is 5.46. The minimum Gasteiger partial charge on any atom is -0.508 e. The number of piperidine rings is 1. The molecule has 1 aliphatic heterocycles. The van der Waals surface area contributed by atoms with Crippen molar-refractivity contribution in [2.75, 3.05) is 20.2 Å². The number of carbonyl (C=O) groups is 1. The maximum absolute atomic E-state index is 13.7. The van der Waals surface area contributed by atoms with Crippen LogP contribution in [0.2, 0.25) is 0 Å². The van der Waals surface area contributed by atoms with Crippen LogP contribution in [0.4, 0.5) is 0 Å². The molecule has 0 unspecified atom stereocenters. The second-order valence-corrected chi connectivity index (χ2v) is 10.0. The third-order valence-corrected chi connectivity index (χ3v) is 7.56. The Hall–Kier alpha value is -3.38. The molecule has 6 nitrogen and oxygen atoms in total. The van der Waals surface area contributed by atoms with Gasteiger partial charge in [0.25, 0.3) is 5.91 Å². The smallest absolute Gasteiger partial charge is 0.272 e. The molecule has 2 heterocycles. The zero-order valence-corrected chi connectivity index (χ0v) is 20.9. The number of aromatic hydroxyl groups is 1. The molecule has 0 bridgehead atoms. The topological polar surface area (TPSA) is 65.9 Å². The molecule has 2 aliphatic rings. The van der Waals surface area contributed by atoms with Crippen LogP contribution < -0.4 is 4.74 Å². The molecule has 1 amide bonds.